The third-order valence-electron chi connectivity index (χ3n) is 6.15. The van der Waals surface area contributed by atoms with Gasteiger partial charge >= 0.3 is 0 Å². The van der Waals surface area contributed by atoms with Gasteiger partial charge in [0.05, 0.1) is 17.9 Å². The van der Waals surface area contributed by atoms with Gasteiger partial charge in [0.15, 0.2) is 0 Å². The lowest BCUT2D eigenvalue weighted by atomic mass is 10.0. The molecule has 0 aromatic heterocycles. The standard InChI is InChI=1S/C25H34N4O5S/c1-3-35(33,34)26-16-19-9-11-21(12-10-19)27-24(31)15-25(32)28(2)23(20-7-5-4-6-8-20)18-29-14-13-22(30)17-29/h4-12,22-23,26,30H,3,13-18H2,1-2H3,(H,27,31)/t22-,23+/m0/s1. The van der Waals surface area contributed by atoms with Crippen molar-refractivity contribution in [2.24, 2.45) is 0 Å². The Labute approximate surface area is 207 Å². The van der Waals surface area contributed by atoms with Gasteiger partial charge in [-0.05, 0) is 36.6 Å². The molecule has 0 radical (unpaired) electrons. The largest absolute Gasteiger partial charge is 0.392 e. The molecule has 0 spiro atoms. The number of likely N-dealkylation sites (N-methyl/N-ethyl adjacent to an activating group) is 1. The first kappa shape index (κ1) is 26.8. The summed E-state index contributed by atoms with van der Waals surface area (Å²) in [6.07, 6.45) is 0.0576. The highest BCUT2D eigenvalue weighted by atomic mass is 32.2. The van der Waals surface area contributed by atoms with Crippen LogP contribution in [0.2, 0.25) is 0 Å². The Balaban J connectivity index is 1.58. The molecule has 0 unspecified atom stereocenters. The van der Waals surface area contributed by atoms with Gasteiger partial charge in [0.2, 0.25) is 21.8 Å². The highest BCUT2D eigenvalue weighted by molar-refractivity contribution is 7.89. The molecule has 2 amide bonds. The molecule has 3 N–H and O–H groups in total. The molecule has 1 aliphatic heterocycles. The smallest absolute Gasteiger partial charge is 0.233 e. The second-order valence-electron chi connectivity index (χ2n) is 8.78. The number of carbonyl (C=O) groups is 2. The number of nitrogens with one attached hydrogen (secondary N) is 2. The first-order chi connectivity index (χ1) is 16.7. The lowest BCUT2D eigenvalue weighted by molar-refractivity contribution is -0.135. The topological polar surface area (TPSA) is 119 Å². The van der Waals surface area contributed by atoms with Crippen LogP contribution in [0.1, 0.15) is 36.9 Å². The maximum absolute atomic E-state index is 13.0. The molecule has 1 saturated heterocycles. The molecule has 35 heavy (non-hydrogen) atoms. The average molecular weight is 503 g/mol. The predicted molar refractivity (Wildman–Crippen MR) is 135 cm³/mol. The van der Waals surface area contributed by atoms with Crippen LogP contribution in [0.25, 0.3) is 0 Å². The van der Waals surface area contributed by atoms with Crippen LogP contribution in [-0.2, 0) is 26.2 Å². The van der Waals surface area contributed by atoms with Crippen LogP contribution in [0.3, 0.4) is 0 Å². The molecule has 3 rings (SSSR count). The van der Waals surface area contributed by atoms with Crippen molar-refractivity contribution >= 4 is 27.5 Å². The minimum absolute atomic E-state index is 0.00866. The van der Waals surface area contributed by atoms with Crippen molar-refractivity contribution in [3.05, 3.63) is 65.7 Å². The molecule has 0 aliphatic carbocycles. The number of anilines is 1. The number of sulfonamides is 1. The zero-order valence-electron chi connectivity index (χ0n) is 20.2. The SMILES string of the molecule is CCS(=O)(=O)NCc1ccc(NC(=O)CC(=O)N(C)[C@H](CN2CC[C@H](O)C2)c2ccccc2)cc1. The van der Waals surface area contributed by atoms with Crippen LogP contribution in [0.5, 0.6) is 0 Å². The summed E-state index contributed by atoms with van der Waals surface area (Å²) < 4.78 is 25.6. The molecule has 1 fully saturated rings. The number of aliphatic hydroxyl groups excluding tert-OH is 1. The summed E-state index contributed by atoms with van der Waals surface area (Å²) in [4.78, 5) is 29.3. The number of likely N-dealkylation sites (tertiary alicyclic amines) is 1. The Morgan fingerprint density at radius 3 is 2.43 bits per heavy atom. The number of hydrogen-bond donors (Lipinski definition) is 3. The van der Waals surface area contributed by atoms with E-state index < -0.39 is 15.9 Å². The van der Waals surface area contributed by atoms with Crippen LogP contribution in [-0.4, -0.2) is 73.7 Å². The zero-order chi connectivity index (χ0) is 25.4. The number of amides is 2. The molecule has 10 heteroatoms. The van der Waals surface area contributed by atoms with Gasteiger partial charge in [0, 0.05) is 38.9 Å². The number of hydrogen-bond acceptors (Lipinski definition) is 6. The third-order valence-corrected chi connectivity index (χ3v) is 7.49. The van der Waals surface area contributed by atoms with Gasteiger partial charge in [-0.15, -0.1) is 0 Å². The van der Waals surface area contributed by atoms with E-state index in [0.29, 0.717) is 25.2 Å². The van der Waals surface area contributed by atoms with Gasteiger partial charge < -0.3 is 15.3 Å². The molecule has 2 aromatic carbocycles. The Bertz CT molecular complexity index is 1090. The van der Waals surface area contributed by atoms with Crippen molar-refractivity contribution in [2.45, 2.75) is 38.5 Å². The van der Waals surface area contributed by atoms with E-state index in [1.54, 1.807) is 43.1 Å². The number of carbonyl (C=O) groups excluding carboxylic acids is 2. The fraction of sp³-hybridized carbons (Fsp3) is 0.440. The molecule has 0 bridgehead atoms. The van der Waals surface area contributed by atoms with Gasteiger partial charge in [-0.1, -0.05) is 42.5 Å². The second kappa shape index (κ2) is 12.3. The molecule has 2 atom stereocenters. The van der Waals surface area contributed by atoms with Crippen LogP contribution in [0.4, 0.5) is 5.69 Å². The first-order valence-electron chi connectivity index (χ1n) is 11.7. The summed E-state index contributed by atoms with van der Waals surface area (Å²) in [5, 5.41) is 12.6. The fourth-order valence-corrected chi connectivity index (χ4v) is 4.58. The number of benzene rings is 2. The fourth-order valence-electron chi connectivity index (χ4n) is 3.99. The third kappa shape index (κ3) is 8.14. The highest BCUT2D eigenvalue weighted by Gasteiger charge is 2.28. The van der Waals surface area contributed by atoms with Gasteiger partial charge in [0.1, 0.15) is 6.42 Å². The molecular weight excluding hydrogens is 468 g/mol. The van der Waals surface area contributed by atoms with Crippen LogP contribution in [0, 0.1) is 0 Å². The van der Waals surface area contributed by atoms with Crippen LogP contribution in [0.15, 0.2) is 54.6 Å². The monoisotopic (exact) mass is 502 g/mol. The predicted octanol–water partition coefficient (Wildman–Crippen LogP) is 1.72. The summed E-state index contributed by atoms with van der Waals surface area (Å²) in [6, 6.07) is 16.2. The van der Waals surface area contributed by atoms with Gasteiger partial charge in [-0.25, -0.2) is 13.1 Å². The lowest BCUT2D eigenvalue weighted by Crippen LogP contribution is -2.40. The van der Waals surface area contributed by atoms with Crippen LogP contribution >= 0.6 is 0 Å². The van der Waals surface area contributed by atoms with E-state index in [4.69, 9.17) is 0 Å². The van der Waals surface area contributed by atoms with E-state index >= 15 is 0 Å². The maximum Gasteiger partial charge on any atom is 0.233 e. The van der Waals surface area contributed by atoms with Crippen molar-refractivity contribution in [3.63, 3.8) is 0 Å². The van der Waals surface area contributed by atoms with E-state index in [1.807, 2.05) is 30.3 Å². The van der Waals surface area contributed by atoms with Crippen molar-refractivity contribution in [3.8, 4) is 0 Å². The summed E-state index contributed by atoms with van der Waals surface area (Å²) in [5.41, 5.74) is 2.26. The molecule has 190 valence electrons. The maximum atomic E-state index is 13.0. The van der Waals surface area contributed by atoms with Crippen molar-refractivity contribution < 1.29 is 23.1 Å². The Kier molecular flexibility index (Phi) is 9.39. The molecule has 9 nitrogen and oxygen atoms in total. The lowest BCUT2D eigenvalue weighted by Gasteiger charge is -2.32. The number of rotatable bonds is 11. The summed E-state index contributed by atoms with van der Waals surface area (Å²) >= 11 is 0. The number of nitrogens with zero attached hydrogens (tertiary/aromatic N) is 2. The van der Waals surface area contributed by atoms with Gasteiger partial charge in [-0.2, -0.15) is 0 Å². The molecule has 0 saturated carbocycles. The van der Waals surface area contributed by atoms with E-state index in [9.17, 15) is 23.1 Å². The quantitative estimate of drug-likeness (QED) is 0.403. The molecule has 1 heterocycles. The molecule has 2 aromatic rings. The molecular formula is C25H34N4O5S. The van der Waals surface area contributed by atoms with E-state index in [-0.39, 0.29) is 36.8 Å². The van der Waals surface area contributed by atoms with Crippen molar-refractivity contribution in [2.75, 3.05) is 37.8 Å². The van der Waals surface area contributed by atoms with Crippen molar-refractivity contribution in [1.82, 2.24) is 14.5 Å². The minimum atomic E-state index is -3.28. The molecule has 1 aliphatic rings. The van der Waals surface area contributed by atoms with E-state index in [1.165, 1.54) is 0 Å². The van der Waals surface area contributed by atoms with Gasteiger partial charge in [0.25, 0.3) is 0 Å². The normalized spacial score (nSPS) is 17.2. The Morgan fingerprint density at radius 2 is 1.83 bits per heavy atom. The van der Waals surface area contributed by atoms with E-state index in [0.717, 1.165) is 17.7 Å². The Morgan fingerprint density at radius 1 is 1.14 bits per heavy atom. The number of β-amino-alcohol motifs (C(OH)–C–C–N with tert-alkyl or cyclic N) is 1. The van der Waals surface area contributed by atoms with Crippen LogP contribution < -0.4 is 10.0 Å². The van der Waals surface area contributed by atoms with E-state index in [2.05, 4.69) is 14.9 Å². The van der Waals surface area contributed by atoms with Crippen molar-refractivity contribution in [1.29, 1.82) is 0 Å². The highest BCUT2D eigenvalue weighted by Crippen LogP contribution is 2.24. The first-order valence-corrected chi connectivity index (χ1v) is 13.4. The summed E-state index contributed by atoms with van der Waals surface area (Å²) in [7, 11) is -1.58. The minimum Gasteiger partial charge on any atom is -0.392 e. The Hall–Kier alpha value is -2.79. The zero-order valence-corrected chi connectivity index (χ0v) is 21.0. The average Bonchev–Trinajstić information content (AvgIpc) is 3.26. The number of aliphatic hydroxyl groups is 1. The summed E-state index contributed by atoms with van der Waals surface area (Å²) in [6.45, 7) is 3.65. The second-order valence-corrected chi connectivity index (χ2v) is 10.9. The van der Waals surface area contributed by atoms with Gasteiger partial charge in [-0.3, -0.25) is 14.5 Å². The summed E-state index contributed by atoms with van der Waals surface area (Å²) in [5.74, 6) is -0.722.